The Hall–Kier alpha value is -2.27. The Labute approximate surface area is 120 Å². The van der Waals surface area contributed by atoms with E-state index in [-0.39, 0.29) is 5.82 Å². The van der Waals surface area contributed by atoms with Gasteiger partial charge < -0.3 is 10.3 Å². The molecule has 0 saturated heterocycles. The van der Waals surface area contributed by atoms with Gasteiger partial charge in [-0.25, -0.2) is 4.39 Å². The minimum absolute atomic E-state index is 0.331. The van der Waals surface area contributed by atoms with Crippen LogP contribution in [0.15, 0.2) is 48.9 Å². The second-order valence-corrected chi connectivity index (χ2v) is 5.00. The molecule has 2 heterocycles. The van der Waals surface area contributed by atoms with Crippen molar-refractivity contribution >= 4 is 28.1 Å². The Morgan fingerprint density at radius 2 is 2.15 bits per heavy atom. The molecule has 0 spiro atoms. The predicted octanol–water partition coefficient (Wildman–Crippen LogP) is 2.86. The molecule has 0 atom stereocenters. The summed E-state index contributed by atoms with van der Waals surface area (Å²) >= 11 is 5.05. The third-order valence-electron chi connectivity index (χ3n) is 3.19. The molecule has 3 nitrogen and oxygen atoms in total. The third-order valence-corrected chi connectivity index (χ3v) is 3.41. The fraction of sp³-hybridized carbons (Fsp3) is 0.0667. The summed E-state index contributed by atoms with van der Waals surface area (Å²) in [5, 5.41) is 1.00. The van der Waals surface area contributed by atoms with Gasteiger partial charge in [0, 0.05) is 35.4 Å². The van der Waals surface area contributed by atoms with Crippen LogP contribution in [0.1, 0.15) is 11.1 Å². The van der Waals surface area contributed by atoms with E-state index in [9.17, 15) is 4.39 Å². The molecule has 100 valence electrons. The van der Waals surface area contributed by atoms with E-state index in [1.165, 1.54) is 12.3 Å². The van der Waals surface area contributed by atoms with Crippen LogP contribution in [0.5, 0.6) is 0 Å². The van der Waals surface area contributed by atoms with Crippen LogP contribution in [-0.2, 0) is 6.54 Å². The van der Waals surface area contributed by atoms with Crippen LogP contribution in [0.3, 0.4) is 0 Å². The van der Waals surface area contributed by atoms with Crippen molar-refractivity contribution in [3.05, 3.63) is 65.9 Å². The number of fused-ring (bicyclic) bond motifs is 1. The molecule has 0 radical (unpaired) electrons. The molecule has 2 aromatic heterocycles. The number of benzene rings is 1. The number of hydrogen-bond acceptors (Lipinski definition) is 2. The van der Waals surface area contributed by atoms with Gasteiger partial charge in [-0.05, 0) is 23.8 Å². The van der Waals surface area contributed by atoms with Gasteiger partial charge in [-0.15, -0.1) is 0 Å². The maximum atomic E-state index is 13.2. The molecule has 3 rings (SSSR count). The molecular formula is C15H12FN3S. The molecule has 20 heavy (non-hydrogen) atoms. The number of pyridine rings is 1. The van der Waals surface area contributed by atoms with Crippen molar-refractivity contribution in [3.8, 4) is 0 Å². The zero-order chi connectivity index (χ0) is 14.1. The molecule has 0 unspecified atom stereocenters. The largest absolute Gasteiger partial charge is 0.389 e. The number of hydrogen-bond donors (Lipinski definition) is 1. The summed E-state index contributed by atoms with van der Waals surface area (Å²) in [5.74, 6) is -0.331. The maximum absolute atomic E-state index is 13.2. The number of halogens is 1. The lowest BCUT2D eigenvalue weighted by atomic mass is 10.1. The zero-order valence-electron chi connectivity index (χ0n) is 10.6. The topological polar surface area (TPSA) is 43.8 Å². The Bertz CT molecular complexity index is 795. The van der Waals surface area contributed by atoms with E-state index in [0.29, 0.717) is 11.5 Å². The highest BCUT2D eigenvalue weighted by Crippen LogP contribution is 2.21. The van der Waals surface area contributed by atoms with Crippen molar-refractivity contribution in [2.75, 3.05) is 0 Å². The number of aromatic nitrogens is 2. The maximum Gasteiger partial charge on any atom is 0.141 e. The minimum atomic E-state index is -0.331. The Morgan fingerprint density at radius 3 is 2.90 bits per heavy atom. The highest BCUT2D eigenvalue weighted by molar-refractivity contribution is 7.80. The molecule has 0 aliphatic rings. The normalized spacial score (nSPS) is 10.8. The van der Waals surface area contributed by atoms with Gasteiger partial charge in [-0.3, -0.25) is 4.98 Å². The van der Waals surface area contributed by atoms with Crippen molar-refractivity contribution < 1.29 is 4.39 Å². The second kappa shape index (κ2) is 5.02. The third kappa shape index (κ3) is 2.28. The Morgan fingerprint density at radius 1 is 1.30 bits per heavy atom. The number of nitrogens with zero attached hydrogens (tertiary/aromatic N) is 2. The molecule has 5 heteroatoms. The highest BCUT2D eigenvalue weighted by atomic mass is 32.1. The van der Waals surface area contributed by atoms with E-state index in [4.69, 9.17) is 18.0 Å². The lowest BCUT2D eigenvalue weighted by Gasteiger charge is -2.07. The van der Waals surface area contributed by atoms with Gasteiger partial charge in [-0.2, -0.15) is 0 Å². The first-order valence-corrected chi connectivity index (χ1v) is 6.53. The standard InChI is InChI=1S/C15H12FN3S/c16-11-6-10(7-18-8-11)9-19-5-4-12-13(15(17)20)2-1-3-14(12)19/h1-8H,9H2,(H2,17,20). The summed E-state index contributed by atoms with van der Waals surface area (Å²) in [7, 11) is 0. The smallest absolute Gasteiger partial charge is 0.141 e. The van der Waals surface area contributed by atoms with E-state index in [0.717, 1.165) is 22.0 Å². The summed E-state index contributed by atoms with van der Waals surface area (Å²) < 4.78 is 15.2. The van der Waals surface area contributed by atoms with Crippen LogP contribution in [0.2, 0.25) is 0 Å². The number of nitrogens with two attached hydrogens (primary N) is 1. The van der Waals surface area contributed by atoms with Gasteiger partial charge in [0.05, 0.1) is 6.20 Å². The van der Waals surface area contributed by atoms with Crippen LogP contribution in [-0.4, -0.2) is 14.5 Å². The first-order valence-electron chi connectivity index (χ1n) is 6.12. The van der Waals surface area contributed by atoms with Crippen LogP contribution in [0.4, 0.5) is 4.39 Å². The lowest BCUT2D eigenvalue weighted by molar-refractivity contribution is 0.617. The zero-order valence-corrected chi connectivity index (χ0v) is 11.4. The minimum Gasteiger partial charge on any atom is -0.389 e. The van der Waals surface area contributed by atoms with Crippen molar-refractivity contribution in [1.82, 2.24) is 9.55 Å². The van der Waals surface area contributed by atoms with Gasteiger partial charge in [0.1, 0.15) is 10.8 Å². The SMILES string of the molecule is NC(=S)c1cccc2c1ccn2Cc1cncc(F)c1. The van der Waals surface area contributed by atoms with Crippen molar-refractivity contribution in [2.24, 2.45) is 5.73 Å². The van der Waals surface area contributed by atoms with Gasteiger partial charge in [0.2, 0.25) is 0 Å². The van der Waals surface area contributed by atoms with Gasteiger partial charge >= 0.3 is 0 Å². The van der Waals surface area contributed by atoms with Crippen molar-refractivity contribution in [3.63, 3.8) is 0 Å². The summed E-state index contributed by atoms with van der Waals surface area (Å²) in [6, 6.07) is 9.26. The molecule has 1 aromatic carbocycles. The first-order chi connectivity index (χ1) is 9.65. The average Bonchev–Trinajstić information content (AvgIpc) is 2.82. The van der Waals surface area contributed by atoms with E-state index in [1.54, 1.807) is 6.20 Å². The monoisotopic (exact) mass is 285 g/mol. The van der Waals surface area contributed by atoms with Crippen LogP contribution in [0, 0.1) is 5.82 Å². The van der Waals surface area contributed by atoms with Crippen molar-refractivity contribution in [1.29, 1.82) is 0 Å². The van der Waals surface area contributed by atoms with Gasteiger partial charge in [0.15, 0.2) is 0 Å². The first kappa shape index (κ1) is 12.7. The molecular weight excluding hydrogens is 273 g/mol. The molecule has 3 aromatic rings. The van der Waals surface area contributed by atoms with E-state index in [2.05, 4.69) is 4.98 Å². The van der Waals surface area contributed by atoms with Crippen LogP contribution in [0.25, 0.3) is 10.9 Å². The molecule has 0 aliphatic carbocycles. The molecule has 0 fully saturated rings. The van der Waals surface area contributed by atoms with E-state index in [1.807, 2.05) is 35.0 Å². The summed E-state index contributed by atoms with van der Waals surface area (Å²) in [6.07, 6.45) is 4.80. The van der Waals surface area contributed by atoms with E-state index < -0.39 is 0 Å². The fourth-order valence-electron chi connectivity index (χ4n) is 2.32. The molecule has 2 N–H and O–H groups in total. The number of rotatable bonds is 3. The lowest BCUT2D eigenvalue weighted by Crippen LogP contribution is -2.09. The Kier molecular flexibility index (Phi) is 3.20. The second-order valence-electron chi connectivity index (χ2n) is 4.56. The van der Waals surface area contributed by atoms with Gasteiger partial charge in [-0.1, -0.05) is 24.4 Å². The average molecular weight is 285 g/mol. The molecule has 0 aliphatic heterocycles. The number of thiocarbonyl (C=S) groups is 1. The van der Waals surface area contributed by atoms with E-state index >= 15 is 0 Å². The fourth-order valence-corrected chi connectivity index (χ4v) is 2.49. The predicted molar refractivity (Wildman–Crippen MR) is 81.1 cm³/mol. The Balaban J connectivity index is 2.05. The summed E-state index contributed by atoms with van der Waals surface area (Å²) in [5.41, 5.74) is 8.40. The summed E-state index contributed by atoms with van der Waals surface area (Å²) in [4.78, 5) is 4.24. The van der Waals surface area contributed by atoms with Crippen LogP contribution >= 0.6 is 12.2 Å². The van der Waals surface area contributed by atoms with Gasteiger partial charge in [0.25, 0.3) is 0 Å². The van der Waals surface area contributed by atoms with Crippen molar-refractivity contribution in [2.45, 2.75) is 6.54 Å². The highest BCUT2D eigenvalue weighted by Gasteiger charge is 2.08. The quantitative estimate of drug-likeness (QED) is 0.753. The molecule has 0 amide bonds. The molecule has 0 saturated carbocycles. The van der Waals surface area contributed by atoms with Crippen LogP contribution < -0.4 is 5.73 Å². The molecule has 0 bridgehead atoms. The summed E-state index contributed by atoms with van der Waals surface area (Å²) in [6.45, 7) is 0.551.